The van der Waals surface area contributed by atoms with E-state index in [0.717, 1.165) is 22.8 Å². The first-order chi connectivity index (χ1) is 14.6. The molecule has 0 spiro atoms. The molecule has 6 nitrogen and oxygen atoms in total. The third-order valence-electron chi connectivity index (χ3n) is 5.01. The molecule has 156 valence electrons. The van der Waals surface area contributed by atoms with Gasteiger partial charge in [0.2, 0.25) is 5.89 Å². The van der Waals surface area contributed by atoms with Gasteiger partial charge < -0.3 is 19.4 Å². The first-order valence-corrected chi connectivity index (χ1v) is 9.98. The SMILES string of the molecule is CN=C(NCc1coc(-c2ccccc2)n1)N1CC(C)OC(c2ccc(F)cc2)C1. The van der Waals surface area contributed by atoms with E-state index in [-0.39, 0.29) is 18.0 Å². The highest BCUT2D eigenvalue weighted by Gasteiger charge is 2.28. The molecule has 1 fully saturated rings. The number of nitrogens with one attached hydrogen (secondary N) is 1. The van der Waals surface area contributed by atoms with Crippen molar-refractivity contribution in [2.45, 2.75) is 25.7 Å². The molecular weight excluding hydrogens is 383 g/mol. The molecule has 0 saturated carbocycles. The van der Waals surface area contributed by atoms with E-state index >= 15 is 0 Å². The Morgan fingerprint density at radius 1 is 1.17 bits per heavy atom. The smallest absolute Gasteiger partial charge is 0.226 e. The lowest BCUT2D eigenvalue weighted by Crippen LogP contribution is -2.50. The number of aliphatic imine (C=N–C) groups is 1. The molecule has 1 saturated heterocycles. The number of hydrogen-bond acceptors (Lipinski definition) is 4. The third-order valence-corrected chi connectivity index (χ3v) is 5.01. The minimum absolute atomic E-state index is 0.0177. The Kier molecular flexibility index (Phi) is 6.09. The minimum atomic E-state index is -0.251. The van der Waals surface area contributed by atoms with Crippen LogP contribution in [0, 0.1) is 5.82 Å². The highest BCUT2D eigenvalue weighted by atomic mass is 19.1. The molecule has 30 heavy (non-hydrogen) atoms. The van der Waals surface area contributed by atoms with Gasteiger partial charge in [0.05, 0.1) is 24.9 Å². The number of morpholine rings is 1. The average molecular weight is 408 g/mol. The van der Waals surface area contributed by atoms with Crippen LogP contribution >= 0.6 is 0 Å². The molecule has 2 aromatic carbocycles. The van der Waals surface area contributed by atoms with E-state index in [4.69, 9.17) is 9.15 Å². The van der Waals surface area contributed by atoms with Crippen LogP contribution in [0.4, 0.5) is 4.39 Å². The summed E-state index contributed by atoms with van der Waals surface area (Å²) >= 11 is 0. The van der Waals surface area contributed by atoms with Crippen LogP contribution in [0.2, 0.25) is 0 Å². The molecule has 1 N–H and O–H groups in total. The maximum absolute atomic E-state index is 13.3. The number of nitrogens with zero attached hydrogens (tertiary/aromatic N) is 3. The van der Waals surface area contributed by atoms with E-state index in [1.165, 1.54) is 12.1 Å². The number of oxazole rings is 1. The summed E-state index contributed by atoms with van der Waals surface area (Å²) in [5.41, 5.74) is 2.69. The van der Waals surface area contributed by atoms with Crippen molar-refractivity contribution in [1.29, 1.82) is 0 Å². The molecule has 1 aromatic heterocycles. The van der Waals surface area contributed by atoms with Crippen molar-refractivity contribution in [2.75, 3.05) is 20.1 Å². The predicted molar refractivity (Wildman–Crippen MR) is 113 cm³/mol. The van der Waals surface area contributed by atoms with Gasteiger partial charge in [0.25, 0.3) is 0 Å². The third kappa shape index (κ3) is 4.68. The summed E-state index contributed by atoms with van der Waals surface area (Å²) in [6.07, 6.45) is 1.53. The van der Waals surface area contributed by atoms with Crippen molar-refractivity contribution in [3.05, 3.63) is 77.9 Å². The number of benzene rings is 2. The van der Waals surface area contributed by atoms with Crippen LogP contribution in [0.5, 0.6) is 0 Å². The molecule has 2 heterocycles. The summed E-state index contributed by atoms with van der Waals surface area (Å²) in [5, 5.41) is 3.36. The van der Waals surface area contributed by atoms with Gasteiger partial charge in [-0.1, -0.05) is 30.3 Å². The predicted octanol–water partition coefficient (Wildman–Crippen LogP) is 4.02. The lowest BCUT2D eigenvalue weighted by Gasteiger charge is -2.38. The summed E-state index contributed by atoms with van der Waals surface area (Å²) in [6.45, 7) is 3.87. The van der Waals surface area contributed by atoms with Crippen molar-refractivity contribution < 1.29 is 13.5 Å². The number of rotatable bonds is 4. The number of hydrogen-bond donors (Lipinski definition) is 1. The molecule has 3 aromatic rings. The Balaban J connectivity index is 1.41. The molecule has 0 aliphatic carbocycles. The average Bonchev–Trinajstić information content (AvgIpc) is 3.24. The van der Waals surface area contributed by atoms with Crippen molar-refractivity contribution in [2.24, 2.45) is 4.99 Å². The van der Waals surface area contributed by atoms with Crippen molar-refractivity contribution in [3.8, 4) is 11.5 Å². The van der Waals surface area contributed by atoms with Crippen LogP contribution in [0.1, 0.15) is 24.3 Å². The maximum Gasteiger partial charge on any atom is 0.226 e. The molecule has 7 heteroatoms. The molecule has 2 atom stereocenters. The minimum Gasteiger partial charge on any atom is -0.444 e. The fourth-order valence-corrected chi connectivity index (χ4v) is 3.59. The van der Waals surface area contributed by atoms with E-state index in [1.807, 2.05) is 37.3 Å². The van der Waals surface area contributed by atoms with E-state index in [0.29, 0.717) is 25.5 Å². The Labute approximate surface area is 175 Å². The van der Waals surface area contributed by atoms with E-state index in [2.05, 4.69) is 20.2 Å². The monoisotopic (exact) mass is 408 g/mol. The van der Waals surface area contributed by atoms with Gasteiger partial charge in [0, 0.05) is 19.2 Å². The second-order valence-corrected chi connectivity index (χ2v) is 7.30. The lowest BCUT2D eigenvalue weighted by atomic mass is 10.1. The Hall–Kier alpha value is -3.19. The van der Waals surface area contributed by atoms with E-state index in [1.54, 1.807) is 25.4 Å². The van der Waals surface area contributed by atoms with Crippen LogP contribution in [-0.4, -0.2) is 42.1 Å². The standard InChI is InChI=1S/C23H25FN4O2/c1-16-13-28(14-21(30-16)17-8-10-19(24)11-9-17)23(25-2)26-12-20-15-29-22(27-20)18-6-4-3-5-7-18/h3-11,15-16,21H,12-14H2,1-2H3,(H,25,26). The van der Waals surface area contributed by atoms with Gasteiger partial charge in [-0.2, -0.15) is 0 Å². The molecule has 0 radical (unpaired) electrons. The van der Waals surface area contributed by atoms with Gasteiger partial charge in [-0.15, -0.1) is 0 Å². The maximum atomic E-state index is 13.3. The molecule has 1 aliphatic rings. The largest absolute Gasteiger partial charge is 0.444 e. The van der Waals surface area contributed by atoms with Gasteiger partial charge in [-0.05, 0) is 36.8 Å². The molecule has 4 rings (SSSR count). The fourth-order valence-electron chi connectivity index (χ4n) is 3.59. The van der Waals surface area contributed by atoms with Gasteiger partial charge in [0.15, 0.2) is 5.96 Å². The van der Waals surface area contributed by atoms with Gasteiger partial charge in [0.1, 0.15) is 18.2 Å². The highest BCUT2D eigenvalue weighted by Crippen LogP contribution is 2.25. The lowest BCUT2D eigenvalue weighted by molar-refractivity contribution is -0.0605. The quantitative estimate of drug-likeness (QED) is 0.522. The number of ether oxygens (including phenoxy) is 1. The van der Waals surface area contributed by atoms with Gasteiger partial charge in [-0.3, -0.25) is 4.99 Å². The Morgan fingerprint density at radius 3 is 2.67 bits per heavy atom. The van der Waals surface area contributed by atoms with Crippen LogP contribution in [-0.2, 0) is 11.3 Å². The first kappa shape index (κ1) is 20.1. The molecule has 2 unspecified atom stereocenters. The Morgan fingerprint density at radius 2 is 1.93 bits per heavy atom. The number of aromatic nitrogens is 1. The molecule has 1 aliphatic heterocycles. The highest BCUT2D eigenvalue weighted by molar-refractivity contribution is 5.80. The zero-order chi connectivity index (χ0) is 20.9. The number of halogens is 1. The van der Waals surface area contributed by atoms with Crippen molar-refractivity contribution >= 4 is 5.96 Å². The van der Waals surface area contributed by atoms with Crippen LogP contribution in [0.25, 0.3) is 11.5 Å². The fraction of sp³-hybridized carbons (Fsp3) is 0.304. The molecule has 0 amide bonds. The van der Waals surface area contributed by atoms with Crippen LogP contribution in [0.15, 0.2) is 70.3 Å². The summed E-state index contributed by atoms with van der Waals surface area (Å²) in [4.78, 5) is 11.1. The van der Waals surface area contributed by atoms with E-state index in [9.17, 15) is 4.39 Å². The van der Waals surface area contributed by atoms with Crippen LogP contribution in [0.3, 0.4) is 0 Å². The second-order valence-electron chi connectivity index (χ2n) is 7.30. The molecular formula is C23H25FN4O2. The zero-order valence-electron chi connectivity index (χ0n) is 17.1. The Bertz CT molecular complexity index is 988. The topological polar surface area (TPSA) is 62.9 Å². The summed E-state index contributed by atoms with van der Waals surface area (Å²) < 4.78 is 25.0. The second kappa shape index (κ2) is 9.09. The number of guanidine groups is 1. The summed E-state index contributed by atoms with van der Waals surface area (Å²) in [6, 6.07) is 16.3. The van der Waals surface area contributed by atoms with Crippen molar-refractivity contribution in [3.63, 3.8) is 0 Å². The zero-order valence-corrected chi connectivity index (χ0v) is 17.1. The van der Waals surface area contributed by atoms with Gasteiger partial charge >= 0.3 is 0 Å². The van der Waals surface area contributed by atoms with Crippen LogP contribution < -0.4 is 5.32 Å². The molecule has 0 bridgehead atoms. The summed E-state index contributed by atoms with van der Waals surface area (Å²) in [5.74, 6) is 1.11. The summed E-state index contributed by atoms with van der Waals surface area (Å²) in [7, 11) is 1.76. The van der Waals surface area contributed by atoms with Gasteiger partial charge in [-0.25, -0.2) is 9.37 Å². The van der Waals surface area contributed by atoms with Crippen molar-refractivity contribution in [1.82, 2.24) is 15.2 Å². The first-order valence-electron chi connectivity index (χ1n) is 9.98. The normalized spacial score (nSPS) is 19.7. The van der Waals surface area contributed by atoms with E-state index < -0.39 is 0 Å².